The Labute approximate surface area is 123 Å². The Morgan fingerprint density at radius 2 is 2.10 bits per heavy atom. The second-order valence-corrected chi connectivity index (χ2v) is 5.90. The first-order valence-corrected chi connectivity index (χ1v) is 7.66. The molecule has 0 fully saturated rings. The Kier molecular flexibility index (Phi) is 4.84. The fourth-order valence-corrected chi connectivity index (χ4v) is 2.90. The number of nitrogens with two attached hydrogens (primary N) is 1. The molecule has 0 amide bonds. The Balaban J connectivity index is 2.01. The molecule has 20 heavy (non-hydrogen) atoms. The van der Waals surface area contributed by atoms with Gasteiger partial charge in [0.1, 0.15) is 12.3 Å². The van der Waals surface area contributed by atoms with Crippen LogP contribution in [0.3, 0.4) is 0 Å². The van der Waals surface area contributed by atoms with Crippen molar-refractivity contribution < 1.29 is 9.53 Å². The van der Waals surface area contributed by atoms with Crippen molar-refractivity contribution in [1.29, 1.82) is 0 Å². The van der Waals surface area contributed by atoms with Crippen LogP contribution >= 0.6 is 11.3 Å². The zero-order valence-electron chi connectivity index (χ0n) is 11.9. The predicted molar refractivity (Wildman–Crippen MR) is 82.0 cm³/mol. The van der Waals surface area contributed by atoms with E-state index in [2.05, 4.69) is 19.9 Å². The van der Waals surface area contributed by atoms with E-state index in [0.717, 1.165) is 24.3 Å². The van der Waals surface area contributed by atoms with E-state index in [-0.39, 0.29) is 5.97 Å². The standard InChI is InChI=1S/C15H20N2O2S/c1-3-7-17-9-11(16)8-14(17)15(18)19-10-13-6-5-12(4-2)20-13/h5-6,8-9H,3-4,7,10,16H2,1-2H3. The summed E-state index contributed by atoms with van der Waals surface area (Å²) in [7, 11) is 0. The van der Waals surface area contributed by atoms with E-state index in [1.807, 2.05) is 10.6 Å². The van der Waals surface area contributed by atoms with Gasteiger partial charge in [0.25, 0.3) is 0 Å². The van der Waals surface area contributed by atoms with Gasteiger partial charge in [0.05, 0.1) is 5.69 Å². The molecular formula is C15H20N2O2S. The Morgan fingerprint density at radius 1 is 1.35 bits per heavy atom. The number of aromatic nitrogens is 1. The minimum atomic E-state index is -0.318. The van der Waals surface area contributed by atoms with Crippen LogP contribution in [0.4, 0.5) is 5.69 Å². The van der Waals surface area contributed by atoms with Crippen molar-refractivity contribution in [1.82, 2.24) is 4.57 Å². The van der Waals surface area contributed by atoms with Gasteiger partial charge in [-0.3, -0.25) is 0 Å². The zero-order valence-corrected chi connectivity index (χ0v) is 12.7. The van der Waals surface area contributed by atoms with E-state index in [0.29, 0.717) is 18.0 Å². The van der Waals surface area contributed by atoms with Crippen molar-refractivity contribution in [3.8, 4) is 0 Å². The number of nitrogen functional groups attached to an aromatic ring is 1. The van der Waals surface area contributed by atoms with Crippen LogP contribution in [0.25, 0.3) is 0 Å². The second-order valence-electron chi connectivity index (χ2n) is 4.65. The minimum Gasteiger partial charge on any atom is -0.455 e. The average Bonchev–Trinajstić information content (AvgIpc) is 3.03. The van der Waals surface area contributed by atoms with Crippen LogP contribution in [0.1, 0.15) is 40.5 Å². The summed E-state index contributed by atoms with van der Waals surface area (Å²) in [6, 6.07) is 5.76. The van der Waals surface area contributed by atoms with Gasteiger partial charge in [-0.05, 0) is 31.0 Å². The lowest BCUT2D eigenvalue weighted by molar-refractivity contribution is 0.0464. The summed E-state index contributed by atoms with van der Waals surface area (Å²) in [6.07, 6.45) is 3.73. The van der Waals surface area contributed by atoms with Gasteiger partial charge in [0, 0.05) is 22.5 Å². The molecule has 0 aliphatic carbocycles. The van der Waals surface area contributed by atoms with Crippen LogP contribution < -0.4 is 5.73 Å². The third-order valence-electron chi connectivity index (χ3n) is 3.00. The predicted octanol–water partition coefficient (Wildman–Crippen LogP) is 3.46. The molecule has 0 atom stereocenters. The average molecular weight is 292 g/mol. The first-order chi connectivity index (χ1) is 9.63. The van der Waals surface area contributed by atoms with E-state index >= 15 is 0 Å². The van der Waals surface area contributed by atoms with Crippen molar-refractivity contribution in [2.75, 3.05) is 5.73 Å². The van der Waals surface area contributed by atoms with Gasteiger partial charge in [0.2, 0.25) is 0 Å². The molecule has 0 unspecified atom stereocenters. The summed E-state index contributed by atoms with van der Waals surface area (Å²) in [5.41, 5.74) is 6.87. The van der Waals surface area contributed by atoms with E-state index in [1.54, 1.807) is 23.6 Å². The highest BCUT2D eigenvalue weighted by Gasteiger charge is 2.14. The summed E-state index contributed by atoms with van der Waals surface area (Å²) in [5, 5.41) is 0. The van der Waals surface area contributed by atoms with Crippen molar-refractivity contribution in [2.45, 2.75) is 39.8 Å². The number of carbonyl (C=O) groups is 1. The Bertz CT molecular complexity index is 586. The molecule has 0 saturated heterocycles. The molecule has 0 saturated carbocycles. The quantitative estimate of drug-likeness (QED) is 0.829. The summed E-state index contributed by atoms with van der Waals surface area (Å²) in [5.74, 6) is -0.318. The maximum Gasteiger partial charge on any atom is 0.355 e. The normalized spacial score (nSPS) is 10.7. The van der Waals surface area contributed by atoms with Crippen LogP contribution in [0.15, 0.2) is 24.4 Å². The fourth-order valence-electron chi connectivity index (χ4n) is 2.03. The molecule has 2 N–H and O–H groups in total. The lowest BCUT2D eigenvalue weighted by atomic mass is 10.3. The van der Waals surface area contributed by atoms with Gasteiger partial charge >= 0.3 is 5.97 Å². The Morgan fingerprint density at radius 3 is 2.75 bits per heavy atom. The maximum absolute atomic E-state index is 12.1. The van der Waals surface area contributed by atoms with Crippen LogP contribution in [-0.2, 0) is 24.3 Å². The SMILES string of the molecule is CCCn1cc(N)cc1C(=O)OCc1ccc(CC)s1. The molecule has 2 rings (SSSR count). The molecule has 4 nitrogen and oxygen atoms in total. The van der Waals surface area contributed by atoms with Gasteiger partial charge in [-0.1, -0.05) is 13.8 Å². The highest BCUT2D eigenvalue weighted by Crippen LogP contribution is 2.19. The highest BCUT2D eigenvalue weighted by molar-refractivity contribution is 7.11. The Hall–Kier alpha value is -1.75. The van der Waals surface area contributed by atoms with E-state index in [4.69, 9.17) is 10.5 Å². The highest BCUT2D eigenvalue weighted by atomic mass is 32.1. The van der Waals surface area contributed by atoms with Gasteiger partial charge in [-0.15, -0.1) is 11.3 Å². The summed E-state index contributed by atoms with van der Waals surface area (Å²) < 4.78 is 7.22. The van der Waals surface area contributed by atoms with Gasteiger partial charge < -0.3 is 15.0 Å². The molecule has 0 bridgehead atoms. The maximum atomic E-state index is 12.1. The zero-order chi connectivity index (χ0) is 14.5. The van der Waals surface area contributed by atoms with Gasteiger partial charge in [-0.2, -0.15) is 0 Å². The first-order valence-electron chi connectivity index (χ1n) is 6.84. The van der Waals surface area contributed by atoms with Crippen molar-refractivity contribution >= 4 is 23.0 Å². The van der Waals surface area contributed by atoms with Crippen LogP contribution in [0.2, 0.25) is 0 Å². The molecule has 5 heteroatoms. The number of anilines is 1. The summed E-state index contributed by atoms with van der Waals surface area (Å²) in [4.78, 5) is 14.5. The second kappa shape index (κ2) is 6.61. The minimum absolute atomic E-state index is 0.318. The molecule has 0 radical (unpaired) electrons. The number of rotatable bonds is 6. The number of carbonyl (C=O) groups excluding carboxylic acids is 1. The van der Waals surface area contributed by atoms with E-state index < -0.39 is 0 Å². The van der Waals surface area contributed by atoms with Gasteiger partial charge in [0.15, 0.2) is 0 Å². The topological polar surface area (TPSA) is 57.2 Å². The smallest absolute Gasteiger partial charge is 0.355 e. The summed E-state index contributed by atoms with van der Waals surface area (Å²) in [6.45, 7) is 5.26. The molecule has 0 aromatic carbocycles. The lowest BCUT2D eigenvalue weighted by Gasteiger charge is -2.07. The fraction of sp³-hybridized carbons (Fsp3) is 0.400. The van der Waals surface area contributed by atoms with Crippen molar-refractivity contribution in [2.24, 2.45) is 0 Å². The van der Waals surface area contributed by atoms with Crippen LogP contribution in [0, 0.1) is 0 Å². The molecule has 0 spiro atoms. The number of hydrogen-bond acceptors (Lipinski definition) is 4. The monoisotopic (exact) mass is 292 g/mol. The summed E-state index contributed by atoms with van der Waals surface area (Å²) >= 11 is 1.68. The molecule has 2 heterocycles. The first kappa shape index (κ1) is 14.7. The molecule has 2 aromatic rings. The third kappa shape index (κ3) is 3.42. The lowest BCUT2D eigenvalue weighted by Crippen LogP contribution is -2.11. The number of nitrogens with zero attached hydrogens (tertiary/aromatic N) is 1. The third-order valence-corrected chi connectivity index (χ3v) is 4.21. The van der Waals surface area contributed by atoms with Crippen molar-refractivity contribution in [3.05, 3.63) is 39.8 Å². The van der Waals surface area contributed by atoms with E-state index in [1.165, 1.54) is 4.88 Å². The number of hydrogen-bond donors (Lipinski definition) is 1. The number of ether oxygens (including phenoxy) is 1. The largest absolute Gasteiger partial charge is 0.455 e. The number of thiophene rings is 1. The molecule has 0 aliphatic heterocycles. The van der Waals surface area contributed by atoms with Crippen LogP contribution in [-0.4, -0.2) is 10.5 Å². The molecule has 2 aromatic heterocycles. The number of esters is 1. The van der Waals surface area contributed by atoms with Crippen molar-refractivity contribution in [3.63, 3.8) is 0 Å². The van der Waals surface area contributed by atoms with Gasteiger partial charge in [-0.25, -0.2) is 4.79 Å². The molecule has 108 valence electrons. The van der Waals surface area contributed by atoms with E-state index in [9.17, 15) is 4.79 Å². The molecular weight excluding hydrogens is 272 g/mol. The molecule has 0 aliphatic rings. The number of aryl methyl sites for hydroxylation is 2. The van der Waals surface area contributed by atoms with Crippen LogP contribution in [0.5, 0.6) is 0 Å².